The molecular weight excluding hydrogens is 448 g/mol. The summed E-state index contributed by atoms with van der Waals surface area (Å²) in [6.45, 7) is 6.55. The Morgan fingerprint density at radius 2 is 1.75 bits per heavy atom. The van der Waals surface area contributed by atoms with Gasteiger partial charge in [-0.25, -0.2) is 13.1 Å². The van der Waals surface area contributed by atoms with Crippen LogP contribution in [0.2, 0.25) is 5.02 Å². The minimum Gasteiger partial charge on any atom is -0.497 e. The first-order valence-electron chi connectivity index (χ1n) is 10.7. The highest BCUT2D eigenvalue weighted by atomic mass is 35.5. The smallest absolute Gasteiger partial charge is 0.253 e. The van der Waals surface area contributed by atoms with Gasteiger partial charge in [0.15, 0.2) is 0 Å². The number of rotatable bonds is 6. The molecule has 32 heavy (non-hydrogen) atoms. The van der Waals surface area contributed by atoms with Gasteiger partial charge < -0.3 is 9.64 Å². The van der Waals surface area contributed by atoms with E-state index in [0.29, 0.717) is 24.6 Å². The number of amides is 1. The molecule has 2 aromatic carbocycles. The van der Waals surface area contributed by atoms with Gasteiger partial charge in [0.25, 0.3) is 5.91 Å². The number of nitrogens with one attached hydrogen (secondary N) is 1. The highest BCUT2D eigenvalue weighted by molar-refractivity contribution is 7.89. The second-order valence-electron chi connectivity index (χ2n) is 9.29. The summed E-state index contributed by atoms with van der Waals surface area (Å²) < 4.78 is 33.3. The van der Waals surface area contributed by atoms with Gasteiger partial charge in [-0.1, -0.05) is 23.7 Å². The van der Waals surface area contributed by atoms with Crippen LogP contribution in [0.5, 0.6) is 5.75 Å². The van der Waals surface area contributed by atoms with E-state index < -0.39 is 15.6 Å². The molecule has 1 fully saturated rings. The van der Waals surface area contributed by atoms with E-state index in [1.807, 2.05) is 12.1 Å². The van der Waals surface area contributed by atoms with E-state index in [4.69, 9.17) is 16.3 Å². The summed E-state index contributed by atoms with van der Waals surface area (Å²) in [4.78, 5) is 14.8. The van der Waals surface area contributed by atoms with Crippen LogP contribution in [0.15, 0.2) is 47.4 Å². The topological polar surface area (TPSA) is 75.7 Å². The number of hydrogen-bond acceptors (Lipinski definition) is 4. The Kier molecular flexibility index (Phi) is 7.53. The quantitative estimate of drug-likeness (QED) is 0.662. The summed E-state index contributed by atoms with van der Waals surface area (Å²) in [5, 5.41) is 0.0940. The number of methoxy groups -OCH3 is 1. The number of carbonyl (C=O) groups excluding carboxylic acids is 1. The zero-order chi connectivity index (χ0) is 23.5. The number of hydrogen-bond donors (Lipinski definition) is 1. The Morgan fingerprint density at radius 1 is 1.12 bits per heavy atom. The maximum atomic E-state index is 13.1. The van der Waals surface area contributed by atoms with Crippen LogP contribution in [0, 0.1) is 5.92 Å². The van der Waals surface area contributed by atoms with Gasteiger partial charge >= 0.3 is 0 Å². The minimum absolute atomic E-state index is 0.0747. The van der Waals surface area contributed by atoms with E-state index in [1.165, 1.54) is 17.7 Å². The molecule has 1 N–H and O–H groups in total. The molecule has 0 aromatic heterocycles. The number of sulfonamides is 1. The van der Waals surface area contributed by atoms with Gasteiger partial charge in [0.1, 0.15) is 10.6 Å². The third-order valence-corrected chi connectivity index (χ3v) is 7.73. The average Bonchev–Trinajstić information content (AvgIpc) is 2.73. The van der Waals surface area contributed by atoms with Crippen molar-refractivity contribution in [3.63, 3.8) is 0 Å². The van der Waals surface area contributed by atoms with Crippen molar-refractivity contribution in [1.82, 2.24) is 9.62 Å². The fraction of sp³-hybridized carbons (Fsp3) is 0.458. The van der Waals surface area contributed by atoms with Gasteiger partial charge in [-0.15, -0.1) is 0 Å². The number of benzene rings is 2. The Labute approximate surface area is 196 Å². The summed E-state index contributed by atoms with van der Waals surface area (Å²) in [7, 11) is -2.19. The molecule has 0 unspecified atom stereocenters. The van der Waals surface area contributed by atoms with Crippen molar-refractivity contribution in [2.75, 3.05) is 20.2 Å². The van der Waals surface area contributed by atoms with Crippen molar-refractivity contribution in [1.29, 1.82) is 0 Å². The first-order valence-corrected chi connectivity index (χ1v) is 12.6. The second-order valence-corrected chi connectivity index (χ2v) is 11.3. The molecule has 8 heteroatoms. The lowest BCUT2D eigenvalue weighted by molar-refractivity contribution is 0.0690. The fourth-order valence-corrected chi connectivity index (χ4v) is 5.86. The van der Waals surface area contributed by atoms with Gasteiger partial charge in [-0.2, -0.15) is 0 Å². The highest BCUT2D eigenvalue weighted by Gasteiger charge is 2.28. The van der Waals surface area contributed by atoms with Crippen molar-refractivity contribution < 1.29 is 17.9 Å². The summed E-state index contributed by atoms with van der Waals surface area (Å²) >= 11 is 6.16. The lowest BCUT2D eigenvalue weighted by Gasteiger charge is -2.32. The van der Waals surface area contributed by atoms with Crippen molar-refractivity contribution in [3.8, 4) is 5.75 Å². The van der Waals surface area contributed by atoms with Gasteiger partial charge in [0.05, 0.1) is 12.1 Å². The summed E-state index contributed by atoms with van der Waals surface area (Å²) in [6.07, 6.45) is 2.78. The predicted molar refractivity (Wildman–Crippen MR) is 127 cm³/mol. The molecule has 6 nitrogen and oxygen atoms in total. The number of nitrogens with zero attached hydrogens (tertiary/aromatic N) is 1. The lowest BCUT2D eigenvalue weighted by Crippen LogP contribution is -2.41. The molecule has 0 radical (unpaired) electrons. The minimum atomic E-state index is -3.85. The largest absolute Gasteiger partial charge is 0.497 e. The highest BCUT2D eigenvalue weighted by Crippen LogP contribution is 2.27. The Morgan fingerprint density at radius 3 is 2.31 bits per heavy atom. The number of likely N-dealkylation sites (tertiary alicyclic amines) is 1. The van der Waals surface area contributed by atoms with Gasteiger partial charge in [-0.05, 0) is 81.8 Å². The second kappa shape index (κ2) is 9.81. The Balaban J connectivity index is 1.66. The molecule has 0 aliphatic carbocycles. The van der Waals surface area contributed by atoms with E-state index in [1.54, 1.807) is 38.8 Å². The molecule has 0 saturated carbocycles. The van der Waals surface area contributed by atoms with Crippen molar-refractivity contribution >= 4 is 27.5 Å². The van der Waals surface area contributed by atoms with Crippen LogP contribution >= 0.6 is 11.6 Å². The molecule has 0 spiro atoms. The zero-order valence-electron chi connectivity index (χ0n) is 19.0. The SMILES string of the molecule is COc1ccc(CC2CCN(C(=O)c3ccc(Cl)c(S(=O)(=O)NC(C)(C)C)c3)CC2)cc1. The lowest BCUT2D eigenvalue weighted by atomic mass is 9.90. The number of ether oxygens (including phenoxy) is 1. The molecule has 174 valence electrons. The third-order valence-electron chi connectivity index (χ3n) is 5.49. The van der Waals surface area contributed by atoms with Crippen LogP contribution in [0.1, 0.15) is 49.5 Å². The molecule has 1 aliphatic heterocycles. The van der Waals surface area contributed by atoms with Crippen LogP contribution < -0.4 is 9.46 Å². The molecule has 1 aliphatic rings. The summed E-state index contributed by atoms with van der Waals surface area (Å²) in [6, 6.07) is 12.5. The van der Waals surface area contributed by atoms with Crippen molar-refractivity contribution in [2.24, 2.45) is 5.92 Å². The molecule has 1 saturated heterocycles. The molecule has 1 heterocycles. The van der Waals surface area contributed by atoms with E-state index in [0.717, 1.165) is 25.0 Å². The molecule has 0 atom stereocenters. The van der Waals surface area contributed by atoms with E-state index in [-0.39, 0.29) is 15.8 Å². The van der Waals surface area contributed by atoms with Gasteiger partial charge in [0, 0.05) is 24.2 Å². The zero-order valence-corrected chi connectivity index (χ0v) is 20.6. The van der Waals surface area contributed by atoms with E-state index >= 15 is 0 Å². The monoisotopic (exact) mass is 478 g/mol. The van der Waals surface area contributed by atoms with Crippen molar-refractivity contribution in [2.45, 2.75) is 50.5 Å². The van der Waals surface area contributed by atoms with Crippen LogP contribution in [0.4, 0.5) is 0 Å². The maximum Gasteiger partial charge on any atom is 0.253 e. The molecule has 3 rings (SSSR count). The van der Waals surface area contributed by atoms with Crippen molar-refractivity contribution in [3.05, 3.63) is 58.6 Å². The standard InChI is InChI=1S/C24H31ClN2O4S/c1-24(2,3)26-32(29,30)22-16-19(7-10-21(22)25)23(28)27-13-11-18(12-14-27)15-17-5-8-20(31-4)9-6-17/h5-10,16,18,26H,11-15H2,1-4H3. The fourth-order valence-electron chi connectivity index (χ4n) is 3.92. The first kappa shape index (κ1) is 24.6. The molecular formula is C24H31ClN2O4S. The van der Waals surface area contributed by atoms with Crippen LogP contribution in [0.25, 0.3) is 0 Å². The molecule has 2 aromatic rings. The molecule has 0 bridgehead atoms. The Bertz CT molecular complexity index is 1050. The van der Waals surface area contributed by atoms with Crippen LogP contribution in [-0.4, -0.2) is 45.0 Å². The van der Waals surface area contributed by atoms with E-state index in [2.05, 4.69) is 16.9 Å². The number of carbonyl (C=O) groups is 1. The first-order chi connectivity index (χ1) is 15.0. The van der Waals surface area contributed by atoms with Gasteiger partial charge in [0.2, 0.25) is 10.0 Å². The summed E-state index contributed by atoms with van der Waals surface area (Å²) in [5.41, 5.74) is 0.931. The molecule has 1 amide bonds. The third kappa shape index (κ3) is 6.24. The van der Waals surface area contributed by atoms with E-state index in [9.17, 15) is 13.2 Å². The predicted octanol–water partition coefficient (Wildman–Crippen LogP) is 4.52. The maximum absolute atomic E-state index is 13.1. The Hall–Kier alpha value is -2.09. The van der Waals surface area contributed by atoms with Crippen LogP contribution in [-0.2, 0) is 16.4 Å². The summed E-state index contributed by atoms with van der Waals surface area (Å²) in [5.74, 6) is 1.18. The number of halogens is 1. The normalized spacial score (nSPS) is 15.6. The van der Waals surface area contributed by atoms with Crippen LogP contribution in [0.3, 0.4) is 0 Å². The van der Waals surface area contributed by atoms with Gasteiger partial charge in [-0.3, -0.25) is 4.79 Å². The average molecular weight is 479 g/mol. The number of piperidine rings is 1.